The zero-order valence-electron chi connectivity index (χ0n) is 16.7. The number of thiazole rings is 1. The minimum atomic E-state index is -0.683. The first-order chi connectivity index (χ1) is 12.8. The maximum Gasteiger partial charge on any atom is 0.407 e. The van der Waals surface area contributed by atoms with E-state index in [0.717, 1.165) is 25.3 Å². The molecule has 1 aliphatic rings. The lowest BCUT2D eigenvalue weighted by Gasteiger charge is -2.34. The Balaban J connectivity index is 1.93. The van der Waals surface area contributed by atoms with Crippen LogP contribution in [-0.2, 0) is 20.8 Å². The maximum absolute atomic E-state index is 12.5. The van der Waals surface area contributed by atoms with Gasteiger partial charge in [0, 0.05) is 25.0 Å². The molecule has 152 valence electrons. The van der Waals surface area contributed by atoms with Crippen molar-refractivity contribution in [3.63, 3.8) is 0 Å². The number of hydrogen-bond acceptors (Lipinski definition) is 7. The maximum atomic E-state index is 12.5. The third kappa shape index (κ3) is 6.75. The number of carbonyl (C=O) groups excluding carboxylic acids is 2. The van der Waals surface area contributed by atoms with Crippen LogP contribution >= 0.6 is 11.3 Å². The molecule has 0 bridgehead atoms. The average Bonchev–Trinajstić information content (AvgIpc) is 2.98. The summed E-state index contributed by atoms with van der Waals surface area (Å²) in [6.07, 6.45) is -0.193. The second-order valence-electron chi connectivity index (χ2n) is 7.17. The lowest BCUT2D eigenvalue weighted by Crippen LogP contribution is -2.47. The van der Waals surface area contributed by atoms with Gasteiger partial charge in [-0.05, 0) is 26.7 Å². The summed E-state index contributed by atoms with van der Waals surface area (Å²) in [5.41, 5.74) is 0.913. The quantitative estimate of drug-likeness (QED) is 0.733. The molecule has 2 heterocycles. The lowest BCUT2D eigenvalue weighted by molar-refractivity contribution is -0.119. The zero-order valence-corrected chi connectivity index (χ0v) is 17.5. The van der Waals surface area contributed by atoms with Gasteiger partial charge in [-0.1, -0.05) is 13.8 Å². The van der Waals surface area contributed by atoms with Crippen LogP contribution in [0.5, 0.6) is 0 Å². The van der Waals surface area contributed by atoms with E-state index in [-0.39, 0.29) is 30.6 Å². The fourth-order valence-corrected chi connectivity index (χ4v) is 3.80. The van der Waals surface area contributed by atoms with Gasteiger partial charge >= 0.3 is 6.09 Å². The van der Waals surface area contributed by atoms with E-state index < -0.39 is 12.1 Å². The first kappa shape index (κ1) is 21.6. The van der Waals surface area contributed by atoms with Crippen LogP contribution < -0.4 is 10.6 Å². The highest BCUT2D eigenvalue weighted by Gasteiger charge is 2.26. The molecular weight excluding hydrogens is 368 g/mol. The molecule has 2 rings (SSSR count). The van der Waals surface area contributed by atoms with Crippen LogP contribution in [-0.4, -0.2) is 59.8 Å². The zero-order chi connectivity index (χ0) is 20.0. The van der Waals surface area contributed by atoms with Crippen LogP contribution in [0.4, 0.5) is 9.93 Å². The van der Waals surface area contributed by atoms with E-state index in [4.69, 9.17) is 9.47 Å². The summed E-state index contributed by atoms with van der Waals surface area (Å²) in [7, 11) is 0. The molecule has 1 aromatic heterocycles. The Labute approximate surface area is 164 Å². The van der Waals surface area contributed by atoms with Crippen molar-refractivity contribution in [3.8, 4) is 0 Å². The Kier molecular flexibility index (Phi) is 8.00. The van der Waals surface area contributed by atoms with Gasteiger partial charge in [0.15, 0.2) is 5.13 Å². The number of hydrogen-bond donors (Lipinski definition) is 2. The van der Waals surface area contributed by atoms with Crippen LogP contribution in [0.2, 0.25) is 0 Å². The molecule has 27 heavy (non-hydrogen) atoms. The van der Waals surface area contributed by atoms with Crippen LogP contribution in [0.15, 0.2) is 5.38 Å². The number of anilines is 1. The Morgan fingerprint density at radius 2 is 2.04 bits per heavy atom. The number of rotatable bonds is 7. The fourth-order valence-electron chi connectivity index (χ4n) is 3.10. The number of carbonyl (C=O) groups is 2. The van der Waals surface area contributed by atoms with Gasteiger partial charge in [-0.3, -0.25) is 9.69 Å². The van der Waals surface area contributed by atoms with Gasteiger partial charge in [0.05, 0.1) is 24.5 Å². The van der Waals surface area contributed by atoms with Gasteiger partial charge < -0.3 is 20.1 Å². The number of alkyl carbamates (subject to hydrolysis) is 1. The first-order valence-electron chi connectivity index (χ1n) is 9.34. The molecule has 2 amide bonds. The van der Waals surface area contributed by atoms with E-state index in [1.165, 1.54) is 11.3 Å². The molecule has 1 saturated heterocycles. The highest BCUT2D eigenvalue weighted by molar-refractivity contribution is 7.13. The molecule has 1 fully saturated rings. The summed E-state index contributed by atoms with van der Waals surface area (Å²) in [6.45, 7) is 12.3. The van der Waals surface area contributed by atoms with E-state index in [1.807, 2.05) is 19.2 Å². The van der Waals surface area contributed by atoms with Crippen molar-refractivity contribution >= 4 is 28.5 Å². The molecular formula is C18H30N4O4S. The van der Waals surface area contributed by atoms with E-state index in [9.17, 15) is 9.59 Å². The van der Waals surface area contributed by atoms with Crippen LogP contribution in [0, 0.1) is 5.92 Å². The largest absolute Gasteiger partial charge is 0.450 e. The van der Waals surface area contributed by atoms with Gasteiger partial charge in [-0.25, -0.2) is 9.78 Å². The van der Waals surface area contributed by atoms with E-state index in [1.54, 1.807) is 6.92 Å². The van der Waals surface area contributed by atoms with Crippen molar-refractivity contribution in [1.82, 2.24) is 15.2 Å². The summed E-state index contributed by atoms with van der Waals surface area (Å²) < 4.78 is 10.6. The normalized spacial score (nSPS) is 21.7. The summed E-state index contributed by atoms with van der Waals surface area (Å²) in [5, 5.41) is 7.88. The summed E-state index contributed by atoms with van der Waals surface area (Å²) in [4.78, 5) is 31.0. The van der Waals surface area contributed by atoms with E-state index in [2.05, 4.69) is 34.4 Å². The second kappa shape index (κ2) is 10.0. The minimum absolute atomic E-state index is 0.0786. The van der Waals surface area contributed by atoms with E-state index in [0.29, 0.717) is 5.13 Å². The number of nitrogens with one attached hydrogen (secondary N) is 2. The number of amides is 2. The molecule has 8 nitrogen and oxygen atoms in total. The number of morpholine rings is 1. The highest BCUT2D eigenvalue weighted by atomic mass is 32.1. The van der Waals surface area contributed by atoms with Crippen molar-refractivity contribution in [2.24, 2.45) is 5.92 Å². The molecule has 0 radical (unpaired) electrons. The minimum Gasteiger partial charge on any atom is -0.450 e. The van der Waals surface area contributed by atoms with Crippen LogP contribution in [0.1, 0.15) is 40.3 Å². The monoisotopic (exact) mass is 398 g/mol. The molecule has 1 aliphatic heterocycles. The number of ether oxygens (including phenoxy) is 2. The van der Waals surface area contributed by atoms with Crippen molar-refractivity contribution in [1.29, 1.82) is 0 Å². The topological polar surface area (TPSA) is 92.8 Å². The van der Waals surface area contributed by atoms with Gasteiger partial charge in [0.25, 0.3) is 0 Å². The van der Waals surface area contributed by atoms with Crippen molar-refractivity contribution < 1.29 is 19.1 Å². The Hall–Kier alpha value is -1.71. The standard InChI is InChI=1S/C18H30N4O4S/c1-6-25-18(24)20-15(11(2)3)16(23)21-17-19-14(10-27-17)9-22-7-12(4)26-13(5)8-22/h10-13,15H,6-9H2,1-5H3,(H,20,24)(H,19,21,23). The molecule has 0 saturated carbocycles. The predicted molar refractivity (Wildman–Crippen MR) is 105 cm³/mol. The lowest BCUT2D eigenvalue weighted by atomic mass is 10.0. The third-order valence-electron chi connectivity index (χ3n) is 4.16. The Bertz CT molecular complexity index is 627. The van der Waals surface area contributed by atoms with E-state index >= 15 is 0 Å². The number of aromatic nitrogens is 1. The molecule has 3 atom stereocenters. The van der Waals surface area contributed by atoms with Crippen molar-refractivity contribution in [3.05, 3.63) is 11.1 Å². The van der Waals surface area contributed by atoms with Gasteiger partial charge in [0.1, 0.15) is 6.04 Å². The van der Waals surface area contributed by atoms with Gasteiger partial charge in [-0.2, -0.15) is 0 Å². The van der Waals surface area contributed by atoms with Gasteiger partial charge in [-0.15, -0.1) is 11.3 Å². The molecule has 3 unspecified atom stereocenters. The molecule has 0 aliphatic carbocycles. The predicted octanol–water partition coefficient (Wildman–Crippen LogP) is 2.46. The van der Waals surface area contributed by atoms with Crippen molar-refractivity contribution in [2.45, 2.75) is 59.4 Å². The molecule has 1 aromatic rings. The molecule has 2 N–H and O–H groups in total. The average molecular weight is 399 g/mol. The molecule has 0 aromatic carbocycles. The van der Waals surface area contributed by atoms with Crippen LogP contribution in [0.3, 0.4) is 0 Å². The SMILES string of the molecule is CCOC(=O)NC(C(=O)Nc1nc(CN2CC(C)OC(C)C2)cs1)C(C)C. The highest BCUT2D eigenvalue weighted by Crippen LogP contribution is 2.20. The van der Waals surface area contributed by atoms with Gasteiger partial charge in [0.2, 0.25) is 5.91 Å². The van der Waals surface area contributed by atoms with Crippen LogP contribution in [0.25, 0.3) is 0 Å². The fraction of sp³-hybridized carbons (Fsp3) is 0.722. The number of nitrogens with zero attached hydrogens (tertiary/aromatic N) is 2. The summed E-state index contributed by atoms with van der Waals surface area (Å²) in [6, 6.07) is -0.683. The molecule has 0 spiro atoms. The molecule has 9 heteroatoms. The summed E-state index contributed by atoms with van der Waals surface area (Å²) in [5.74, 6) is -0.377. The Morgan fingerprint density at radius 1 is 1.37 bits per heavy atom. The first-order valence-corrected chi connectivity index (χ1v) is 10.2. The third-order valence-corrected chi connectivity index (χ3v) is 4.97. The van der Waals surface area contributed by atoms with Crippen molar-refractivity contribution in [2.75, 3.05) is 25.0 Å². The smallest absolute Gasteiger partial charge is 0.407 e. The summed E-state index contributed by atoms with van der Waals surface area (Å²) >= 11 is 1.38. The second-order valence-corrected chi connectivity index (χ2v) is 8.03. The Morgan fingerprint density at radius 3 is 2.63 bits per heavy atom.